The Morgan fingerprint density at radius 2 is 2.17 bits per heavy atom. The average Bonchev–Trinajstić information content (AvgIpc) is 2.57. The minimum Gasteiger partial charge on any atom is -0.340 e. The number of nitrogens with zero attached hydrogens (tertiary/aromatic N) is 3. The molecule has 1 aliphatic heterocycles. The van der Waals surface area contributed by atoms with Crippen molar-refractivity contribution < 1.29 is 4.79 Å². The normalized spacial score (nSPS) is 17.8. The molecular weight excluding hydrogens is 312 g/mol. The fraction of sp³-hybridized carbons (Fsp3) is 0.353. The SMILES string of the molecule is Cc1ccnc(N2CCCC(C(=O)Nc3ccccc3Cl)C2)n1. The molecule has 1 aliphatic rings. The van der Waals surface area contributed by atoms with Crippen molar-refractivity contribution in [3.05, 3.63) is 47.2 Å². The molecule has 1 fully saturated rings. The van der Waals surface area contributed by atoms with Gasteiger partial charge in [0.2, 0.25) is 11.9 Å². The van der Waals surface area contributed by atoms with Crippen molar-refractivity contribution in [3.8, 4) is 0 Å². The molecule has 0 bridgehead atoms. The lowest BCUT2D eigenvalue weighted by atomic mass is 9.97. The molecule has 23 heavy (non-hydrogen) atoms. The Morgan fingerprint density at radius 3 is 2.96 bits per heavy atom. The van der Waals surface area contributed by atoms with Crippen molar-refractivity contribution in [3.63, 3.8) is 0 Å². The highest BCUT2D eigenvalue weighted by Crippen LogP contribution is 2.24. The Morgan fingerprint density at radius 1 is 1.35 bits per heavy atom. The van der Waals surface area contributed by atoms with Crippen LogP contribution in [-0.2, 0) is 4.79 Å². The van der Waals surface area contributed by atoms with Gasteiger partial charge >= 0.3 is 0 Å². The predicted octanol–water partition coefficient (Wildman–Crippen LogP) is 3.29. The number of carbonyl (C=O) groups excluding carboxylic acids is 1. The number of hydrogen-bond donors (Lipinski definition) is 1. The van der Waals surface area contributed by atoms with Gasteiger partial charge in [0, 0.05) is 25.0 Å². The standard InChI is InChI=1S/C17H19ClN4O/c1-12-8-9-19-17(20-12)22-10-4-5-13(11-22)16(23)21-15-7-3-2-6-14(15)18/h2-3,6-9,13H,4-5,10-11H2,1H3,(H,21,23). The van der Waals surface area contributed by atoms with E-state index in [0.717, 1.165) is 25.1 Å². The molecule has 5 nitrogen and oxygen atoms in total. The summed E-state index contributed by atoms with van der Waals surface area (Å²) in [6, 6.07) is 9.15. The van der Waals surface area contributed by atoms with Crippen molar-refractivity contribution in [1.82, 2.24) is 9.97 Å². The number of aromatic nitrogens is 2. The molecule has 1 amide bonds. The van der Waals surface area contributed by atoms with Crippen LogP contribution >= 0.6 is 11.6 Å². The number of rotatable bonds is 3. The second kappa shape index (κ2) is 6.96. The van der Waals surface area contributed by atoms with Crippen LogP contribution in [0.4, 0.5) is 11.6 Å². The molecule has 0 aliphatic carbocycles. The second-order valence-corrected chi connectivity index (χ2v) is 6.16. The topological polar surface area (TPSA) is 58.1 Å². The van der Waals surface area contributed by atoms with Crippen molar-refractivity contribution in [2.45, 2.75) is 19.8 Å². The lowest BCUT2D eigenvalue weighted by Crippen LogP contribution is -2.41. The van der Waals surface area contributed by atoms with Gasteiger partial charge in [-0.25, -0.2) is 9.97 Å². The van der Waals surface area contributed by atoms with E-state index in [1.807, 2.05) is 31.2 Å². The molecule has 1 atom stereocenters. The van der Waals surface area contributed by atoms with Crippen LogP contribution in [0.15, 0.2) is 36.5 Å². The molecule has 1 aromatic carbocycles. The quantitative estimate of drug-likeness (QED) is 0.938. The van der Waals surface area contributed by atoms with Gasteiger partial charge in [-0.05, 0) is 38.0 Å². The van der Waals surface area contributed by atoms with Crippen molar-refractivity contribution in [1.29, 1.82) is 0 Å². The lowest BCUT2D eigenvalue weighted by Gasteiger charge is -2.32. The lowest BCUT2D eigenvalue weighted by molar-refractivity contribution is -0.120. The summed E-state index contributed by atoms with van der Waals surface area (Å²) in [7, 11) is 0. The Kier molecular flexibility index (Phi) is 4.76. The van der Waals surface area contributed by atoms with Gasteiger partial charge in [0.1, 0.15) is 0 Å². The van der Waals surface area contributed by atoms with Crippen molar-refractivity contribution >= 4 is 29.1 Å². The van der Waals surface area contributed by atoms with Crippen LogP contribution in [0, 0.1) is 12.8 Å². The summed E-state index contributed by atoms with van der Waals surface area (Å²) in [5.74, 6) is 0.597. The summed E-state index contributed by atoms with van der Waals surface area (Å²) in [4.78, 5) is 23.4. The monoisotopic (exact) mass is 330 g/mol. The van der Waals surface area contributed by atoms with Crippen LogP contribution in [0.25, 0.3) is 0 Å². The number of aryl methyl sites for hydroxylation is 1. The summed E-state index contributed by atoms with van der Waals surface area (Å²) in [5, 5.41) is 3.48. The van der Waals surface area contributed by atoms with Gasteiger partial charge in [-0.2, -0.15) is 0 Å². The molecule has 120 valence electrons. The molecule has 0 spiro atoms. The van der Waals surface area contributed by atoms with Gasteiger partial charge < -0.3 is 10.2 Å². The van der Waals surface area contributed by atoms with Crippen LogP contribution in [0.5, 0.6) is 0 Å². The van der Waals surface area contributed by atoms with Crippen LogP contribution in [0.3, 0.4) is 0 Å². The van der Waals surface area contributed by atoms with E-state index < -0.39 is 0 Å². The van der Waals surface area contributed by atoms with Crippen molar-refractivity contribution in [2.75, 3.05) is 23.3 Å². The summed E-state index contributed by atoms with van der Waals surface area (Å²) in [5.41, 5.74) is 1.58. The molecule has 6 heteroatoms. The van der Waals surface area contributed by atoms with Gasteiger partial charge in [-0.1, -0.05) is 23.7 Å². The van der Waals surface area contributed by atoms with E-state index >= 15 is 0 Å². The Bertz CT molecular complexity index is 706. The minimum atomic E-state index is -0.0934. The first-order valence-electron chi connectivity index (χ1n) is 7.73. The van der Waals surface area contributed by atoms with E-state index in [1.165, 1.54) is 0 Å². The molecule has 1 saturated heterocycles. The van der Waals surface area contributed by atoms with Gasteiger partial charge in [-0.3, -0.25) is 4.79 Å². The zero-order chi connectivity index (χ0) is 16.2. The number of hydrogen-bond acceptors (Lipinski definition) is 4. The Hall–Kier alpha value is -2.14. The number of amides is 1. The maximum Gasteiger partial charge on any atom is 0.229 e. The van der Waals surface area contributed by atoms with Gasteiger partial charge in [-0.15, -0.1) is 0 Å². The van der Waals surface area contributed by atoms with E-state index in [2.05, 4.69) is 20.2 Å². The third-order valence-electron chi connectivity index (χ3n) is 3.99. The maximum atomic E-state index is 12.5. The molecule has 0 saturated carbocycles. The first kappa shape index (κ1) is 15.7. The number of para-hydroxylation sites is 1. The molecule has 1 N–H and O–H groups in total. The predicted molar refractivity (Wildman–Crippen MR) is 91.8 cm³/mol. The van der Waals surface area contributed by atoms with Crippen LogP contribution in [0.1, 0.15) is 18.5 Å². The summed E-state index contributed by atoms with van der Waals surface area (Å²) < 4.78 is 0. The molecule has 1 aromatic heterocycles. The van der Waals surface area contributed by atoms with Crippen LogP contribution < -0.4 is 10.2 Å². The zero-order valence-corrected chi connectivity index (χ0v) is 13.8. The van der Waals surface area contributed by atoms with E-state index in [9.17, 15) is 4.79 Å². The maximum absolute atomic E-state index is 12.5. The van der Waals surface area contributed by atoms with E-state index in [-0.39, 0.29) is 11.8 Å². The molecule has 1 unspecified atom stereocenters. The molecule has 3 rings (SSSR count). The molecule has 2 heterocycles. The average molecular weight is 331 g/mol. The third kappa shape index (κ3) is 3.79. The summed E-state index contributed by atoms with van der Waals surface area (Å²) in [6.45, 7) is 3.44. The number of piperidine rings is 1. The fourth-order valence-electron chi connectivity index (χ4n) is 2.76. The van der Waals surface area contributed by atoms with Gasteiger partial charge in [0.25, 0.3) is 0 Å². The highest BCUT2D eigenvalue weighted by Gasteiger charge is 2.27. The number of carbonyl (C=O) groups is 1. The highest BCUT2D eigenvalue weighted by atomic mass is 35.5. The summed E-state index contributed by atoms with van der Waals surface area (Å²) >= 11 is 6.10. The largest absolute Gasteiger partial charge is 0.340 e. The third-order valence-corrected chi connectivity index (χ3v) is 4.32. The number of halogens is 1. The molecular formula is C17H19ClN4O. The van der Waals surface area contributed by atoms with Crippen molar-refractivity contribution in [2.24, 2.45) is 5.92 Å². The van der Waals surface area contributed by atoms with Crippen LogP contribution in [-0.4, -0.2) is 29.0 Å². The number of nitrogens with one attached hydrogen (secondary N) is 1. The number of benzene rings is 1. The second-order valence-electron chi connectivity index (χ2n) is 5.75. The fourth-order valence-corrected chi connectivity index (χ4v) is 2.94. The van der Waals surface area contributed by atoms with Gasteiger partial charge in [0.05, 0.1) is 16.6 Å². The molecule has 2 aromatic rings. The highest BCUT2D eigenvalue weighted by molar-refractivity contribution is 6.33. The minimum absolute atomic E-state index is 0.00421. The molecule has 0 radical (unpaired) electrons. The van der Waals surface area contributed by atoms with E-state index in [4.69, 9.17) is 11.6 Å². The Labute approximate surface area is 140 Å². The first-order chi connectivity index (χ1) is 11.1. The van der Waals surface area contributed by atoms with Crippen LogP contribution in [0.2, 0.25) is 5.02 Å². The zero-order valence-electron chi connectivity index (χ0n) is 13.0. The number of anilines is 2. The van der Waals surface area contributed by atoms with Gasteiger partial charge in [0.15, 0.2) is 0 Å². The first-order valence-corrected chi connectivity index (χ1v) is 8.11. The summed E-state index contributed by atoms with van der Waals surface area (Å²) in [6.07, 6.45) is 3.56. The smallest absolute Gasteiger partial charge is 0.229 e. The van der Waals surface area contributed by atoms with E-state index in [1.54, 1.807) is 12.3 Å². The Balaban J connectivity index is 1.68. The van der Waals surface area contributed by atoms with E-state index in [0.29, 0.717) is 23.2 Å².